The molecule has 1 rings (SSSR count). The third-order valence-electron chi connectivity index (χ3n) is 2.67. The largest absolute Gasteiger partial charge is 0.469 e. The van der Waals surface area contributed by atoms with Crippen LogP contribution in [0.3, 0.4) is 0 Å². The summed E-state index contributed by atoms with van der Waals surface area (Å²) in [6.07, 6.45) is 1.93. The summed E-state index contributed by atoms with van der Waals surface area (Å²) in [5.41, 5.74) is 0.965. The number of allylic oxidation sites excluding steroid dienone is 1. The summed E-state index contributed by atoms with van der Waals surface area (Å²) < 4.78 is 10.2. The van der Waals surface area contributed by atoms with E-state index in [1.54, 1.807) is 13.2 Å². The SMILES string of the molecule is C=CC[C@H](C(=O)OC)[C@H](OC)c1ccccc1. The van der Waals surface area contributed by atoms with Gasteiger partial charge in [-0.05, 0) is 12.0 Å². The Hall–Kier alpha value is -1.61. The van der Waals surface area contributed by atoms with E-state index in [0.717, 1.165) is 5.56 Å². The first-order chi connectivity index (χ1) is 8.24. The zero-order chi connectivity index (χ0) is 12.7. The van der Waals surface area contributed by atoms with Crippen molar-refractivity contribution in [2.75, 3.05) is 14.2 Å². The van der Waals surface area contributed by atoms with E-state index in [-0.39, 0.29) is 18.0 Å². The van der Waals surface area contributed by atoms with Gasteiger partial charge in [-0.2, -0.15) is 0 Å². The summed E-state index contributed by atoms with van der Waals surface area (Å²) in [6, 6.07) is 9.64. The fourth-order valence-corrected chi connectivity index (χ4v) is 1.85. The van der Waals surface area contributed by atoms with E-state index in [1.807, 2.05) is 30.3 Å². The molecule has 0 aliphatic carbocycles. The maximum atomic E-state index is 11.7. The van der Waals surface area contributed by atoms with Crippen molar-refractivity contribution in [2.45, 2.75) is 12.5 Å². The lowest BCUT2D eigenvalue weighted by Crippen LogP contribution is -2.24. The number of hydrogen-bond acceptors (Lipinski definition) is 3. The molecule has 0 N–H and O–H groups in total. The normalized spacial score (nSPS) is 13.8. The van der Waals surface area contributed by atoms with Crippen LogP contribution in [-0.4, -0.2) is 20.2 Å². The van der Waals surface area contributed by atoms with Gasteiger partial charge in [-0.3, -0.25) is 4.79 Å². The third kappa shape index (κ3) is 3.43. The van der Waals surface area contributed by atoms with E-state index in [9.17, 15) is 4.79 Å². The summed E-state index contributed by atoms with van der Waals surface area (Å²) >= 11 is 0. The van der Waals surface area contributed by atoms with Crippen LogP contribution < -0.4 is 0 Å². The predicted octanol–water partition coefficient (Wildman–Crippen LogP) is 2.74. The van der Waals surface area contributed by atoms with Crippen molar-refractivity contribution in [2.24, 2.45) is 5.92 Å². The number of ether oxygens (including phenoxy) is 2. The molecule has 0 aromatic heterocycles. The molecule has 3 heteroatoms. The molecule has 17 heavy (non-hydrogen) atoms. The van der Waals surface area contributed by atoms with Gasteiger partial charge in [0.25, 0.3) is 0 Å². The molecule has 1 aromatic carbocycles. The second-order valence-corrected chi connectivity index (χ2v) is 3.72. The first kappa shape index (κ1) is 13.5. The molecule has 0 aliphatic heterocycles. The molecular formula is C14H18O3. The highest BCUT2D eigenvalue weighted by Crippen LogP contribution is 2.29. The first-order valence-corrected chi connectivity index (χ1v) is 5.51. The van der Waals surface area contributed by atoms with Crippen molar-refractivity contribution < 1.29 is 14.3 Å². The monoisotopic (exact) mass is 234 g/mol. The predicted molar refractivity (Wildman–Crippen MR) is 66.5 cm³/mol. The molecule has 0 spiro atoms. The standard InChI is InChI=1S/C14H18O3/c1-4-8-12(14(15)17-3)13(16-2)11-9-6-5-7-10-11/h4-7,9-10,12-13H,1,8H2,2-3H3/t12-,13+/m0/s1. The minimum Gasteiger partial charge on any atom is -0.469 e. The lowest BCUT2D eigenvalue weighted by molar-refractivity contribution is -0.150. The number of esters is 1. The molecule has 2 atom stereocenters. The zero-order valence-electron chi connectivity index (χ0n) is 10.3. The molecule has 1 aromatic rings. The molecule has 0 bridgehead atoms. The first-order valence-electron chi connectivity index (χ1n) is 5.51. The highest BCUT2D eigenvalue weighted by molar-refractivity contribution is 5.73. The third-order valence-corrected chi connectivity index (χ3v) is 2.67. The number of rotatable bonds is 6. The van der Waals surface area contributed by atoms with Crippen LogP contribution in [-0.2, 0) is 14.3 Å². The van der Waals surface area contributed by atoms with E-state index in [2.05, 4.69) is 6.58 Å². The quantitative estimate of drug-likeness (QED) is 0.561. The highest BCUT2D eigenvalue weighted by atomic mass is 16.5. The van der Waals surface area contributed by atoms with E-state index in [0.29, 0.717) is 6.42 Å². The maximum absolute atomic E-state index is 11.7. The van der Waals surface area contributed by atoms with E-state index >= 15 is 0 Å². The van der Waals surface area contributed by atoms with Crippen LogP contribution in [0.25, 0.3) is 0 Å². The average molecular weight is 234 g/mol. The van der Waals surface area contributed by atoms with Crippen molar-refractivity contribution in [3.05, 3.63) is 48.6 Å². The molecule has 0 fully saturated rings. The fraction of sp³-hybridized carbons (Fsp3) is 0.357. The van der Waals surface area contributed by atoms with Gasteiger partial charge in [0.1, 0.15) is 0 Å². The number of carbonyl (C=O) groups is 1. The summed E-state index contributed by atoms with van der Waals surface area (Å²) in [5, 5.41) is 0. The van der Waals surface area contributed by atoms with Crippen LogP contribution in [0.5, 0.6) is 0 Å². The molecule has 0 amide bonds. The van der Waals surface area contributed by atoms with Gasteiger partial charge in [0, 0.05) is 7.11 Å². The molecular weight excluding hydrogens is 216 g/mol. The van der Waals surface area contributed by atoms with Crippen molar-refractivity contribution >= 4 is 5.97 Å². The van der Waals surface area contributed by atoms with Crippen LogP contribution in [0, 0.1) is 5.92 Å². The van der Waals surface area contributed by atoms with Crippen molar-refractivity contribution in [3.63, 3.8) is 0 Å². The van der Waals surface area contributed by atoms with Gasteiger partial charge in [0.05, 0.1) is 19.1 Å². The average Bonchev–Trinajstić information content (AvgIpc) is 2.39. The van der Waals surface area contributed by atoms with Crippen LogP contribution in [0.2, 0.25) is 0 Å². The lowest BCUT2D eigenvalue weighted by Gasteiger charge is -2.23. The molecule has 0 heterocycles. The van der Waals surface area contributed by atoms with E-state index in [4.69, 9.17) is 9.47 Å². The summed E-state index contributed by atoms with van der Waals surface area (Å²) in [7, 11) is 2.98. The van der Waals surface area contributed by atoms with Crippen molar-refractivity contribution in [1.29, 1.82) is 0 Å². The molecule has 0 saturated carbocycles. The zero-order valence-corrected chi connectivity index (χ0v) is 10.3. The molecule has 0 aliphatic rings. The fourth-order valence-electron chi connectivity index (χ4n) is 1.85. The number of hydrogen-bond donors (Lipinski definition) is 0. The summed E-state index contributed by atoms with van der Waals surface area (Å²) in [4.78, 5) is 11.7. The Morgan fingerprint density at radius 2 is 2.00 bits per heavy atom. The Morgan fingerprint density at radius 1 is 1.35 bits per heavy atom. The van der Waals surface area contributed by atoms with Gasteiger partial charge in [-0.15, -0.1) is 6.58 Å². The van der Waals surface area contributed by atoms with Crippen molar-refractivity contribution in [3.8, 4) is 0 Å². The Balaban J connectivity index is 2.96. The lowest BCUT2D eigenvalue weighted by atomic mass is 9.92. The molecule has 92 valence electrons. The Morgan fingerprint density at radius 3 is 2.47 bits per heavy atom. The second-order valence-electron chi connectivity index (χ2n) is 3.72. The van der Waals surface area contributed by atoms with Crippen molar-refractivity contribution in [1.82, 2.24) is 0 Å². The van der Waals surface area contributed by atoms with Crippen LogP contribution in [0.4, 0.5) is 0 Å². The molecule has 0 radical (unpaired) electrons. The van der Waals surface area contributed by atoms with Gasteiger partial charge in [0.15, 0.2) is 0 Å². The second kappa shape index (κ2) is 6.86. The van der Waals surface area contributed by atoms with Crippen LogP contribution in [0.1, 0.15) is 18.1 Å². The van der Waals surface area contributed by atoms with Gasteiger partial charge in [0.2, 0.25) is 0 Å². The minimum absolute atomic E-state index is 0.277. The Kier molecular flexibility index (Phi) is 5.43. The highest BCUT2D eigenvalue weighted by Gasteiger charge is 2.29. The summed E-state index contributed by atoms with van der Waals surface area (Å²) in [5.74, 6) is -0.634. The van der Waals surface area contributed by atoms with Gasteiger partial charge in [-0.25, -0.2) is 0 Å². The number of methoxy groups -OCH3 is 2. The molecule has 0 saturated heterocycles. The van der Waals surface area contributed by atoms with Gasteiger partial charge < -0.3 is 9.47 Å². The smallest absolute Gasteiger partial charge is 0.311 e. The molecule has 3 nitrogen and oxygen atoms in total. The van der Waals surface area contributed by atoms with Gasteiger partial charge >= 0.3 is 5.97 Å². The summed E-state index contributed by atoms with van der Waals surface area (Å²) in [6.45, 7) is 3.66. The van der Waals surface area contributed by atoms with Gasteiger partial charge in [-0.1, -0.05) is 36.4 Å². The molecule has 0 unspecified atom stereocenters. The van der Waals surface area contributed by atoms with E-state index < -0.39 is 0 Å². The minimum atomic E-state index is -0.357. The number of benzene rings is 1. The number of carbonyl (C=O) groups excluding carboxylic acids is 1. The topological polar surface area (TPSA) is 35.5 Å². The van der Waals surface area contributed by atoms with Crippen LogP contribution in [0.15, 0.2) is 43.0 Å². The van der Waals surface area contributed by atoms with E-state index in [1.165, 1.54) is 7.11 Å². The Labute approximate surface area is 102 Å². The Bertz CT molecular complexity index is 359. The maximum Gasteiger partial charge on any atom is 0.311 e. The van der Waals surface area contributed by atoms with Crippen LogP contribution >= 0.6 is 0 Å².